The molecule has 0 saturated heterocycles. The molecule has 1 heterocycles. The average Bonchev–Trinajstić information content (AvgIpc) is 2.52. The van der Waals surface area contributed by atoms with E-state index in [0.717, 1.165) is 24.8 Å². The van der Waals surface area contributed by atoms with Crippen LogP contribution in [0.5, 0.6) is 5.75 Å². The Kier molecular flexibility index (Phi) is 4.79. The zero-order valence-corrected chi connectivity index (χ0v) is 14.5. The van der Waals surface area contributed by atoms with Crippen LogP contribution in [0.2, 0.25) is 0 Å². The lowest BCUT2D eigenvalue weighted by Gasteiger charge is -2.38. The van der Waals surface area contributed by atoms with Gasteiger partial charge >= 0.3 is 5.97 Å². The van der Waals surface area contributed by atoms with Gasteiger partial charge < -0.3 is 14.2 Å². The van der Waals surface area contributed by atoms with E-state index in [2.05, 4.69) is 6.08 Å². The van der Waals surface area contributed by atoms with Crippen molar-refractivity contribution in [2.45, 2.75) is 35.4 Å². The van der Waals surface area contributed by atoms with E-state index in [4.69, 9.17) is 49.0 Å². The van der Waals surface area contributed by atoms with Crippen LogP contribution in [0.1, 0.15) is 35.2 Å². The summed E-state index contributed by atoms with van der Waals surface area (Å²) in [6.07, 6.45) is 6.90. The van der Waals surface area contributed by atoms with Crippen LogP contribution in [0.15, 0.2) is 30.4 Å². The van der Waals surface area contributed by atoms with Gasteiger partial charge in [0.15, 0.2) is 0 Å². The Morgan fingerprint density at radius 1 is 1.35 bits per heavy atom. The maximum absolute atomic E-state index is 12.0. The molecule has 0 N–H and O–H groups in total. The number of carbonyl (C=O) groups excluding carboxylic acids is 1. The first kappa shape index (κ1) is 16.9. The third-order valence-corrected chi connectivity index (χ3v) is 4.01. The zero-order chi connectivity index (χ0) is 16.5. The summed E-state index contributed by atoms with van der Waals surface area (Å²) in [6, 6.07) is 5.05. The van der Waals surface area contributed by atoms with Gasteiger partial charge in [-0.3, -0.25) is 0 Å². The van der Waals surface area contributed by atoms with Gasteiger partial charge in [-0.2, -0.15) is 0 Å². The van der Waals surface area contributed by atoms with Gasteiger partial charge in [0, 0.05) is 12.0 Å². The van der Waals surface area contributed by atoms with Crippen molar-refractivity contribution in [3.05, 3.63) is 41.5 Å². The van der Waals surface area contributed by atoms with Crippen molar-refractivity contribution < 1.29 is 19.0 Å². The van der Waals surface area contributed by atoms with Gasteiger partial charge in [0.05, 0.1) is 12.2 Å². The van der Waals surface area contributed by atoms with Crippen LogP contribution < -0.4 is 4.74 Å². The van der Waals surface area contributed by atoms with Crippen molar-refractivity contribution in [3.8, 4) is 5.75 Å². The van der Waals surface area contributed by atoms with E-state index in [0.29, 0.717) is 17.9 Å². The molecular weight excluding hydrogens is 363 g/mol. The first-order chi connectivity index (χ1) is 10.9. The summed E-state index contributed by atoms with van der Waals surface area (Å²) in [5.74, 6) is -0.527. The van der Waals surface area contributed by atoms with Crippen LogP contribution in [0.25, 0.3) is 0 Å². The zero-order valence-electron chi connectivity index (χ0n) is 12.2. The predicted octanol–water partition coefficient (Wildman–Crippen LogP) is 4.56. The lowest BCUT2D eigenvalue weighted by Crippen LogP contribution is -2.41. The molecule has 23 heavy (non-hydrogen) atoms. The van der Waals surface area contributed by atoms with Gasteiger partial charge in [0.25, 0.3) is 0 Å². The van der Waals surface area contributed by atoms with E-state index < -0.39 is 15.5 Å². The Morgan fingerprint density at radius 2 is 2.17 bits per heavy atom. The molecule has 0 amide bonds. The highest BCUT2D eigenvalue weighted by molar-refractivity contribution is 6.67. The Bertz CT molecular complexity index is 639. The second-order valence-corrected chi connectivity index (χ2v) is 8.03. The van der Waals surface area contributed by atoms with Gasteiger partial charge in [-0.1, -0.05) is 40.9 Å². The van der Waals surface area contributed by atoms with E-state index in [9.17, 15) is 4.79 Å². The number of rotatable bonds is 2. The highest BCUT2D eigenvalue weighted by Gasteiger charge is 2.36. The molecule has 0 fully saturated rings. The fraction of sp³-hybridized carbons (Fsp3) is 0.438. The molecule has 1 aliphatic heterocycles. The lowest BCUT2D eigenvalue weighted by atomic mass is 9.99. The molecule has 4 nitrogen and oxygen atoms in total. The van der Waals surface area contributed by atoms with Crippen molar-refractivity contribution in [3.63, 3.8) is 0 Å². The SMILES string of the molecule is O=C(OCC(Cl)(Cl)Cl)c1ccc2c(c1)COC1(C=CCCC1)O2. The molecular formula is C16H15Cl3O4. The van der Waals surface area contributed by atoms with Crippen molar-refractivity contribution in [1.82, 2.24) is 0 Å². The Balaban J connectivity index is 1.73. The lowest BCUT2D eigenvalue weighted by molar-refractivity contribution is -0.178. The molecule has 7 heteroatoms. The highest BCUT2D eigenvalue weighted by Crippen LogP contribution is 2.37. The van der Waals surface area contributed by atoms with Crippen LogP contribution in [0, 0.1) is 0 Å². The van der Waals surface area contributed by atoms with Crippen LogP contribution >= 0.6 is 34.8 Å². The van der Waals surface area contributed by atoms with Crippen LogP contribution in [-0.2, 0) is 16.1 Å². The maximum Gasteiger partial charge on any atom is 0.338 e. The molecule has 0 aromatic heterocycles. The third kappa shape index (κ3) is 4.13. The molecule has 1 unspecified atom stereocenters. The number of carbonyl (C=O) groups is 1. The minimum atomic E-state index is -1.63. The summed E-state index contributed by atoms with van der Waals surface area (Å²) in [6.45, 7) is 0.0553. The molecule has 2 aliphatic rings. The van der Waals surface area contributed by atoms with E-state index in [1.807, 2.05) is 6.08 Å². The number of esters is 1. The predicted molar refractivity (Wildman–Crippen MR) is 88.2 cm³/mol. The Morgan fingerprint density at radius 3 is 2.87 bits per heavy atom. The largest absolute Gasteiger partial charge is 0.458 e. The number of fused-ring (bicyclic) bond motifs is 1. The van der Waals surface area contributed by atoms with Crippen LogP contribution in [-0.4, -0.2) is 22.2 Å². The third-order valence-electron chi connectivity index (χ3n) is 3.69. The van der Waals surface area contributed by atoms with Crippen molar-refractivity contribution in [2.24, 2.45) is 0 Å². The number of halogens is 3. The van der Waals surface area contributed by atoms with Crippen molar-refractivity contribution >= 4 is 40.8 Å². The fourth-order valence-electron chi connectivity index (χ4n) is 2.58. The number of hydrogen-bond acceptors (Lipinski definition) is 4. The number of benzene rings is 1. The van der Waals surface area contributed by atoms with E-state index in [-0.39, 0.29) is 6.61 Å². The van der Waals surface area contributed by atoms with E-state index in [1.165, 1.54) is 0 Å². The monoisotopic (exact) mass is 376 g/mol. The Labute approximate surface area is 149 Å². The standard InChI is InChI=1S/C16H15Cl3O4/c17-16(18,19)10-21-14(20)11-4-5-13-12(8-11)9-22-15(23-13)6-2-1-3-7-15/h2,4-6,8H,1,3,7,9-10H2. The van der Waals surface area contributed by atoms with Gasteiger partial charge in [0.1, 0.15) is 12.4 Å². The molecule has 0 saturated carbocycles. The second-order valence-electron chi connectivity index (χ2n) is 5.51. The normalized spacial score (nSPS) is 23.3. The molecule has 0 radical (unpaired) electrons. The molecule has 1 aliphatic carbocycles. The van der Waals surface area contributed by atoms with Crippen molar-refractivity contribution in [1.29, 1.82) is 0 Å². The smallest absolute Gasteiger partial charge is 0.338 e. The minimum absolute atomic E-state index is 0.311. The van der Waals surface area contributed by atoms with Gasteiger partial charge in [-0.05, 0) is 37.1 Å². The summed E-state index contributed by atoms with van der Waals surface area (Å²) < 4.78 is 15.2. The molecule has 1 aromatic rings. The summed E-state index contributed by atoms with van der Waals surface area (Å²) in [7, 11) is 0. The number of allylic oxidation sites excluding steroid dienone is 1. The summed E-state index contributed by atoms with van der Waals surface area (Å²) in [4.78, 5) is 12.0. The second kappa shape index (κ2) is 6.52. The first-order valence-corrected chi connectivity index (χ1v) is 8.38. The summed E-state index contributed by atoms with van der Waals surface area (Å²) in [5.41, 5.74) is 1.15. The van der Waals surface area contributed by atoms with Gasteiger partial charge in [-0.25, -0.2) is 4.79 Å². The quantitative estimate of drug-likeness (QED) is 0.430. The molecule has 1 spiro atoms. The van der Waals surface area contributed by atoms with Gasteiger partial charge in [0.2, 0.25) is 9.58 Å². The van der Waals surface area contributed by atoms with Crippen molar-refractivity contribution in [2.75, 3.05) is 6.61 Å². The highest BCUT2D eigenvalue weighted by atomic mass is 35.6. The van der Waals surface area contributed by atoms with Crippen LogP contribution in [0.4, 0.5) is 0 Å². The molecule has 1 aromatic carbocycles. The average molecular weight is 378 g/mol. The molecule has 124 valence electrons. The fourth-order valence-corrected chi connectivity index (χ4v) is 2.75. The van der Waals surface area contributed by atoms with Crippen LogP contribution in [0.3, 0.4) is 0 Å². The van der Waals surface area contributed by atoms with E-state index in [1.54, 1.807) is 18.2 Å². The number of ether oxygens (including phenoxy) is 3. The van der Waals surface area contributed by atoms with E-state index >= 15 is 0 Å². The topological polar surface area (TPSA) is 44.8 Å². The summed E-state index contributed by atoms with van der Waals surface area (Å²) >= 11 is 16.7. The molecule has 1 atom stereocenters. The molecule has 0 bridgehead atoms. The summed E-state index contributed by atoms with van der Waals surface area (Å²) in [5, 5.41) is 0. The first-order valence-electron chi connectivity index (χ1n) is 7.24. The maximum atomic E-state index is 12.0. The Hall–Kier alpha value is -0.940. The number of hydrogen-bond donors (Lipinski definition) is 0. The molecule has 3 rings (SSSR count). The number of alkyl halides is 3. The minimum Gasteiger partial charge on any atom is -0.458 e. The van der Waals surface area contributed by atoms with Gasteiger partial charge in [-0.15, -0.1) is 0 Å².